The van der Waals surface area contributed by atoms with Crippen LogP contribution in [-0.2, 0) is 18.4 Å². The largest absolute Gasteiger partial charge is 0.456 e. The molecule has 0 spiro atoms. The third-order valence-electron chi connectivity index (χ3n) is 4.17. The number of ether oxygens (including phenoxy) is 1. The lowest BCUT2D eigenvalue weighted by atomic mass is 10.0. The molecule has 5 heteroatoms. The van der Waals surface area contributed by atoms with Crippen LogP contribution in [0.15, 0.2) is 53.3 Å². The molecule has 0 unspecified atom stereocenters. The van der Waals surface area contributed by atoms with Crippen LogP contribution in [0.5, 0.6) is 0 Å². The molecule has 0 N–H and O–H groups in total. The van der Waals surface area contributed by atoms with Gasteiger partial charge in [0.05, 0.1) is 5.39 Å². The molecule has 0 aliphatic heterocycles. The van der Waals surface area contributed by atoms with Crippen LogP contribution < -0.4 is 5.56 Å². The Bertz CT molecular complexity index is 972. The second kappa shape index (κ2) is 6.89. The first-order valence-electron chi connectivity index (χ1n) is 8.19. The molecule has 0 atom stereocenters. The summed E-state index contributed by atoms with van der Waals surface area (Å²) in [4.78, 5) is 24.6. The Labute approximate surface area is 145 Å². The van der Waals surface area contributed by atoms with E-state index in [9.17, 15) is 9.59 Å². The lowest BCUT2D eigenvalue weighted by Gasteiger charge is -2.09. The number of fused-ring (bicyclic) bond motifs is 1. The molecule has 0 fully saturated rings. The lowest BCUT2D eigenvalue weighted by Crippen LogP contribution is -2.23. The van der Waals surface area contributed by atoms with E-state index in [2.05, 4.69) is 18.9 Å². The number of esters is 1. The minimum absolute atomic E-state index is 0.150. The van der Waals surface area contributed by atoms with Crippen molar-refractivity contribution in [1.82, 2.24) is 9.78 Å². The van der Waals surface area contributed by atoms with Gasteiger partial charge in [0.15, 0.2) is 5.69 Å². The van der Waals surface area contributed by atoms with Crippen LogP contribution in [0.3, 0.4) is 0 Å². The number of aryl methyl sites for hydroxylation is 1. The van der Waals surface area contributed by atoms with Crippen LogP contribution >= 0.6 is 0 Å². The van der Waals surface area contributed by atoms with E-state index in [0.29, 0.717) is 16.7 Å². The smallest absolute Gasteiger partial charge is 0.359 e. The second-order valence-corrected chi connectivity index (χ2v) is 6.30. The van der Waals surface area contributed by atoms with Crippen molar-refractivity contribution in [1.29, 1.82) is 0 Å². The molecule has 0 radical (unpaired) electrons. The highest BCUT2D eigenvalue weighted by Gasteiger charge is 2.17. The van der Waals surface area contributed by atoms with Crippen molar-refractivity contribution in [2.24, 2.45) is 7.05 Å². The van der Waals surface area contributed by atoms with E-state index in [1.165, 1.54) is 12.6 Å². The minimum Gasteiger partial charge on any atom is -0.456 e. The van der Waals surface area contributed by atoms with Gasteiger partial charge in [0.2, 0.25) is 0 Å². The maximum Gasteiger partial charge on any atom is 0.359 e. The van der Waals surface area contributed by atoms with Gasteiger partial charge in [0.25, 0.3) is 5.56 Å². The summed E-state index contributed by atoms with van der Waals surface area (Å²) in [7, 11) is 1.52. The monoisotopic (exact) mass is 336 g/mol. The molecular formula is C20H20N2O3. The Morgan fingerprint density at radius 3 is 2.36 bits per heavy atom. The quantitative estimate of drug-likeness (QED) is 0.685. The predicted octanol–water partition coefficient (Wildman–Crippen LogP) is 3.41. The first-order valence-corrected chi connectivity index (χ1v) is 8.19. The maximum absolute atomic E-state index is 12.5. The van der Waals surface area contributed by atoms with Gasteiger partial charge in [0, 0.05) is 12.4 Å². The highest BCUT2D eigenvalue weighted by molar-refractivity contribution is 6.02. The number of hydrogen-bond acceptors (Lipinski definition) is 4. The molecule has 2 aromatic carbocycles. The van der Waals surface area contributed by atoms with Crippen molar-refractivity contribution in [3.63, 3.8) is 0 Å². The van der Waals surface area contributed by atoms with Crippen molar-refractivity contribution in [3.8, 4) is 0 Å². The van der Waals surface area contributed by atoms with Crippen molar-refractivity contribution < 1.29 is 9.53 Å². The van der Waals surface area contributed by atoms with Gasteiger partial charge in [-0.25, -0.2) is 9.48 Å². The van der Waals surface area contributed by atoms with Gasteiger partial charge in [-0.3, -0.25) is 4.79 Å². The maximum atomic E-state index is 12.5. The molecule has 128 valence electrons. The first-order chi connectivity index (χ1) is 12.0. The van der Waals surface area contributed by atoms with E-state index >= 15 is 0 Å². The average molecular weight is 336 g/mol. The molecule has 3 aromatic rings. The summed E-state index contributed by atoms with van der Waals surface area (Å²) in [5.74, 6) is -0.0856. The molecule has 0 aliphatic carbocycles. The second-order valence-electron chi connectivity index (χ2n) is 6.30. The number of nitrogens with zero attached hydrogens (tertiary/aromatic N) is 2. The summed E-state index contributed by atoms with van der Waals surface area (Å²) in [5, 5.41) is 5.04. The van der Waals surface area contributed by atoms with Gasteiger partial charge in [-0.2, -0.15) is 5.10 Å². The van der Waals surface area contributed by atoms with E-state index < -0.39 is 5.97 Å². The van der Waals surface area contributed by atoms with Crippen molar-refractivity contribution >= 4 is 16.7 Å². The number of hydrogen-bond donors (Lipinski definition) is 0. The Morgan fingerprint density at radius 1 is 1.08 bits per heavy atom. The zero-order chi connectivity index (χ0) is 18.0. The summed E-state index contributed by atoms with van der Waals surface area (Å²) in [6, 6.07) is 14.9. The third-order valence-corrected chi connectivity index (χ3v) is 4.17. The molecule has 0 bridgehead atoms. The molecule has 1 aromatic heterocycles. The molecule has 0 amide bonds. The Balaban J connectivity index is 1.83. The van der Waals surface area contributed by atoms with Crippen LogP contribution in [0.25, 0.3) is 10.8 Å². The fourth-order valence-electron chi connectivity index (χ4n) is 2.67. The average Bonchev–Trinajstić information content (AvgIpc) is 2.63. The fourth-order valence-corrected chi connectivity index (χ4v) is 2.67. The molecule has 3 rings (SSSR count). The van der Waals surface area contributed by atoms with Crippen LogP contribution in [-0.4, -0.2) is 15.7 Å². The van der Waals surface area contributed by atoms with E-state index in [1.807, 2.05) is 24.3 Å². The predicted molar refractivity (Wildman–Crippen MR) is 96.6 cm³/mol. The highest BCUT2D eigenvalue weighted by Crippen LogP contribution is 2.17. The number of benzene rings is 2. The molecule has 25 heavy (non-hydrogen) atoms. The van der Waals surface area contributed by atoms with Crippen LogP contribution in [0.4, 0.5) is 0 Å². The van der Waals surface area contributed by atoms with Crippen LogP contribution in [0.2, 0.25) is 0 Å². The SMILES string of the molecule is CC(C)c1ccc(COC(=O)c2nn(C)c(=O)c3ccccc23)cc1. The van der Waals surface area contributed by atoms with Crippen molar-refractivity contribution in [2.45, 2.75) is 26.4 Å². The minimum atomic E-state index is -0.542. The number of rotatable bonds is 4. The normalized spacial score (nSPS) is 11.0. The zero-order valence-electron chi connectivity index (χ0n) is 14.5. The highest BCUT2D eigenvalue weighted by atomic mass is 16.5. The van der Waals surface area contributed by atoms with Crippen molar-refractivity contribution in [3.05, 3.63) is 75.7 Å². The number of carbonyl (C=O) groups excluding carboxylic acids is 1. The van der Waals surface area contributed by atoms with Gasteiger partial charge in [-0.1, -0.05) is 56.3 Å². The van der Waals surface area contributed by atoms with Gasteiger partial charge in [-0.05, 0) is 23.1 Å². The molecule has 1 heterocycles. The van der Waals surface area contributed by atoms with Crippen LogP contribution in [0, 0.1) is 0 Å². The Hall–Kier alpha value is -2.95. The lowest BCUT2D eigenvalue weighted by molar-refractivity contribution is 0.0465. The molecule has 0 saturated heterocycles. The van der Waals surface area contributed by atoms with E-state index in [4.69, 9.17) is 4.74 Å². The van der Waals surface area contributed by atoms with Gasteiger partial charge >= 0.3 is 5.97 Å². The summed E-state index contributed by atoms with van der Waals surface area (Å²) in [6.45, 7) is 4.42. The number of carbonyl (C=O) groups is 1. The topological polar surface area (TPSA) is 61.2 Å². The Morgan fingerprint density at radius 2 is 1.72 bits per heavy atom. The van der Waals surface area contributed by atoms with Crippen LogP contribution in [0.1, 0.15) is 41.4 Å². The fraction of sp³-hybridized carbons (Fsp3) is 0.250. The summed E-state index contributed by atoms with van der Waals surface area (Å²) in [5.41, 5.74) is 2.06. The number of aromatic nitrogens is 2. The zero-order valence-corrected chi connectivity index (χ0v) is 14.5. The van der Waals surface area contributed by atoms with E-state index in [0.717, 1.165) is 10.2 Å². The summed E-state index contributed by atoms with van der Waals surface area (Å²) in [6.07, 6.45) is 0. The van der Waals surface area contributed by atoms with Gasteiger partial charge in [-0.15, -0.1) is 0 Å². The van der Waals surface area contributed by atoms with Gasteiger partial charge < -0.3 is 4.74 Å². The molecular weight excluding hydrogens is 316 g/mol. The first kappa shape index (κ1) is 16.9. The summed E-state index contributed by atoms with van der Waals surface area (Å²) >= 11 is 0. The molecule has 0 saturated carbocycles. The van der Waals surface area contributed by atoms with Gasteiger partial charge in [0.1, 0.15) is 6.61 Å². The standard InChI is InChI=1S/C20H20N2O3/c1-13(2)15-10-8-14(9-11-15)12-25-20(24)18-16-6-4-5-7-17(16)19(23)22(3)21-18/h4-11,13H,12H2,1-3H3. The van der Waals surface area contributed by atoms with E-state index in [-0.39, 0.29) is 17.9 Å². The third kappa shape index (κ3) is 3.45. The van der Waals surface area contributed by atoms with E-state index in [1.54, 1.807) is 24.3 Å². The molecule has 0 aliphatic rings. The Kier molecular flexibility index (Phi) is 4.65. The van der Waals surface area contributed by atoms with Crippen molar-refractivity contribution in [2.75, 3.05) is 0 Å². The summed E-state index contributed by atoms with van der Waals surface area (Å²) < 4.78 is 6.56. The molecule has 5 nitrogen and oxygen atoms in total.